The summed E-state index contributed by atoms with van der Waals surface area (Å²) < 4.78 is 5.78. The van der Waals surface area contributed by atoms with E-state index in [1.54, 1.807) is 6.08 Å². The molecule has 0 heterocycles. The van der Waals surface area contributed by atoms with Gasteiger partial charge in [0.2, 0.25) is 0 Å². The lowest BCUT2D eigenvalue weighted by molar-refractivity contribution is 0.130. The van der Waals surface area contributed by atoms with Crippen LogP contribution in [0.4, 0.5) is 0 Å². The molecule has 0 aliphatic rings. The number of hydrogen-bond acceptors (Lipinski definition) is 2. The molecule has 0 saturated heterocycles. The molecular formula is C13H18O2. The van der Waals surface area contributed by atoms with Crippen LogP contribution in [0.3, 0.4) is 0 Å². The van der Waals surface area contributed by atoms with E-state index in [2.05, 4.69) is 6.58 Å². The van der Waals surface area contributed by atoms with Crippen LogP contribution in [-0.2, 0) is 6.61 Å². The Morgan fingerprint density at radius 3 is 2.53 bits per heavy atom. The molecule has 1 N–H and O–H groups in total. The normalized spacial score (nSPS) is 11.2. The van der Waals surface area contributed by atoms with Gasteiger partial charge in [0, 0.05) is 5.56 Å². The molecule has 0 unspecified atom stereocenters. The zero-order valence-electron chi connectivity index (χ0n) is 9.58. The summed E-state index contributed by atoms with van der Waals surface area (Å²) >= 11 is 0. The fraction of sp³-hybridized carbons (Fsp3) is 0.385. The van der Waals surface area contributed by atoms with E-state index < -0.39 is 0 Å². The van der Waals surface area contributed by atoms with Gasteiger partial charge in [-0.3, -0.25) is 0 Å². The van der Waals surface area contributed by atoms with E-state index in [1.807, 2.05) is 39.0 Å². The van der Waals surface area contributed by atoms with Crippen molar-refractivity contribution in [3.63, 3.8) is 0 Å². The molecule has 15 heavy (non-hydrogen) atoms. The van der Waals surface area contributed by atoms with E-state index in [4.69, 9.17) is 9.84 Å². The molecule has 0 aromatic heterocycles. The maximum absolute atomic E-state index is 9.17. The number of rotatable bonds is 3. The summed E-state index contributed by atoms with van der Waals surface area (Å²) in [6.45, 7) is 9.72. The minimum Gasteiger partial charge on any atom is -0.488 e. The molecule has 2 nitrogen and oxygen atoms in total. The van der Waals surface area contributed by atoms with E-state index >= 15 is 0 Å². The molecule has 0 amide bonds. The second-order valence-corrected chi connectivity index (χ2v) is 4.41. The number of benzene rings is 1. The van der Waals surface area contributed by atoms with Crippen molar-refractivity contribution in [1.82, 2.24) is 0 Å². The maximum Gasteiger partial charge on any atom is 0.127 e. The highest BCUT2D eigenvalue weighted by Gasteiger charge is 2.14. The van der Waals surface area contributed by atoms with Crippen LogP contribution in [0.5, 0.6) is 5.75 Å². The quantitative estimate of drug-likeness (QED) is 0.823. The molecule has 0 bridgehead atoms. The van der Waals surface area contributed by atoms with Gasteiger partial charge in [-0.1, -0.05) is 24.8 Å². The fourth-order valence-corrected chi connectivity index (χ4v) is 1.38. The average Bonchev–Trinajstić information content (AvgIpc) is 2.15. The van der Waals surface area contributed by atoms with E-state index in [1.165, 1.54) is 0 Å². The lowest BCUT2D eigenvalue weighted by Gasteiger charge is -2.23. The van der Waals surface area contributed by atoms with Gasteiger partial charge in [0.25, 0.3) is 0 Å². The highest BCUT2D eigenvalue weighted by Crippen LogP contribution is 2.27. The lowest BCUT2D eigenvalue weighted by atomic mass is 10.1. The fourth-order valence-electron chi connectivity index (χ4n) is 1.38. The predicted octanol–water partition coefficient (Wildman–Crippen LogP) is 3.00. The van der Waals surface area contributed by atoms with E-state index in [0.29, 0.717) is 0 Å². The maximum atomic E-state index is 9.17. The monoisotopic (exact) mass is 206 g/mol. The summed E-state index contributed by atoms with van der Waals surface area (Å²) in [4.78, 5) is 0. The first kappa shape index (κ1) is 11.8. The minimum atomic E-state index is -0.244. The van der Waals surface area contributed by atoms with E-state index in [-0.39, 0.29) is 12.2 Å². The number of hydrogen-bond donors (Lipinski definition) is 1. The van der Waals surface area contributed by atoms with Gasteiger partial charge >= 0.3 is 0 Å². The number of aliphatic hydroxyl groups is 1. The van der Waals surface area contributed by atoms with Gasteiger partial charge in [-0.15, -0.1) is 0 Å². The number of ether oxygens (including phenoxy) is 1. The van der Waals surface area contributed by atoms with Crippen LogP contribution in [0.15, 0.2) is 24.8 Å². The van der Waals surface area contributed by atoms with Gasteiger partial charge < -0.3 is 9.84 Å². The number of aliphatic hydroxyl groups excluding tert-OH is 1. The topological polar surface area (TPSA) is 29.5 Å². The average molecular weight is 206 g/mol. The molecule has 82 valence electrons. The molecule has 0 spiro atoms. The second kappa shape index (κ2) is 4.49. The molecule has 1 aromatic carbocycles. The predicted molar refractivity (Wildman–Crippen MR) is 62.8 cm³/mol. The molecule has 2 heteroatoms. The molecule has 0 radical (unpaired) electrons. The van der Waals surface area contributed by atoms with Crippen molar-refractivity contribution in [2.75, 3.05) is 0 Å². The second-order valence-electron chi connectivity index (χ2n) is 4.41. The van der Waals surface area contributed by atoms with Crippen molar-refractivity contribution < 1.29 is 9.84 Å². The summed E-state index contributed by atoms with van der Waals surface area (Å²) in [5.74, 6) is 0.768. The van der Waals surface area contributed by atoms with Crippen LogP contribution in [0.2, 0.25) is 0 Å². The SMILES string of the molecule is C=Cc1c(CO)cccc1OC(C)(C)C. The third-order valence-electron chi connectivity index (χ3n) is 1.95. The van der Waals surface area contributed by atoms with Gasteiger partial charge in [-0.25, -0.2) is 0 Å². The third kappa shape index (κ3) is 3.10. The molecule has 0 aliphatic carbocycles. The Hall–Kier alpha value is -1.28. The summed E-state index contributed by atoms with van der Waals surface area (Å²) in [6, 6.07) is 5.63. The van der Waals surface area contributed by atoms with Crippen molar-refractivity contribution in [2.24, 2.45) is 0 Å². The van der Waals surface area contributed by atoms with E-state index in [0.717, 1.165) is 16.9 Å². The molecule has 1 rings (SSSR count). The molecule has 0 atom stereocenters. The largest absolute Gasteiger partial charge is 0.488 e. The zero-order valence-corrected chi connectivity index (χ0v) is 9.58. The van der Waals surface area contributed by atoms with Gasteiger partial charge in [-0.2, -0.15) is 0 Å². The smallest absolute Gasteiger partial charge is 0.127 e. The highest BCUT2D eigenvalue weighted by molar-refractivity contribution is 5.59. The van der Waals surface area contributed by atoms with Crippen molar-refractivity contribution in [3.8, 4) is 5.75 Å². The van der Waals surface area contributed by atoms with Crippen molar-refractivity contribution in [2.45, 2.75) is 33.0 Å². The van der Waals surface area contributed by atoms with Crippen LogP contribution in [-0.4, -0.2) is 10.7 Å². The summed E-state index contributed by atoms with van der Waals surface area (Å²) in [7, 11) is 0. The van der Waals surface area contributed by atoms with Gasteiger partial charge in [-0.05, 0) is 32.4 Å². The Labute approximate surface area is 91.2 Å². The van der Waals surface area contributed by atoms with Crippen LogP contribution in [0.25, 0.3) is 6.08 Å². The standard InChI is InChI=1S/C13H18O2/c1-5-11-10(9-14)7-6-8-12(11)15-13(2,3)4/h5-8,14H,1,9H2,2-4H3. The molecular weight excluding hydrogens is 188 g/mol. The summed E-state index contributed by atoms with van der Waals surface area (Å²) in [5, 5.41) is 9.17. The first-order valence-corrected chi connectivity index (χ1v) is 5.02. The first-order valence-electron chi connectivity index (χ1n) is 5.02. The van der Waals surface area contributed by atoms with Crippen molar-refractivity contribution in [3.05, 3.63) is 35.9 Å². The molecule has 0 aliphatic heterocycles. The van der Waals surface area contributed by atoms with E-state index in [9.17, 15) is 0 Å². The highest BCUT2D eigenvalue weighted by atomic mass is 16.5. The Kier molecular flexibility index (Phi) is 3.53. The van der Waals surface area contributed by atoms with Gasteiger partial charge in [0.05, 0.1) is 6.61 Å². The van der Waals surface area contributed by atoms with Crippen LogP contribution < -0.4 is 4.74 Å². The molecule has 0 saturated carbocycles. The van der Waals surface area contributed by atoms with Gasteiger partial charge in [0.1, 0.15) is 11.4 Å². The molecule has 1 aromatic rings. The van der Waals surface area contributed by atoms with Crippen LogP contribution in [0.1, 0.15) is 31.9 Å². The Bertz CT molecular complexity index is 348. The van der Waals surface area contributed by atoms with Crippen LogP contribution in [0, 0.1) is 0 Å². The van der Waals surface area contributed by atoms with Crippen molar-refractivity contribution >= 4 is 6.08 Å². The van der Waals surface area contributed by atoms with Crippen LogP contribution >= 0.6 is 0 Å². The van der Waals surface area contributed by atoms with Crippen molar-refractivity contribution in [1.29, 1.82) is 0 Å². The van der Waals surface area contributed by atoms with Gasteiger partial charge in [0.15, 0.2) is 0 Å². The molecule has 0 fully saturated rings. The Morgan fingerprint density at radius 1 is 1.40 bits per heavy atom. The lowest BCUT2D eigenvalue weighted by Crippen LogP contribution is -2.23. The Balaban J connectivity index is 3.12. The zero-order chi connectivity index (χ0) is 11.5. The minimum absolute atomic E-state index is 0.00267. The summed E-state index contributed by atoms with van der Waals surface area (Å²) in [6.07, 6.45) is 1.71. The summed E-state index contributed by atoms with van der Waals surface area (Å²) in [5.41, 5.74) is 1.47. The first-order chi connectivity index (χ1) is 6.98. The Morgan fingerprint density at radius 2 is 2.07 bits per heavy atom. The third-order valence-corrected chi connectivity index (χ3v) is 1.95.